The first kappa shape index (κ1) is 69.5. The van der Waals surface area contributed by atoms with Crippen LogP contribution < -0.4 is 42.0 Å². The highest BCUT2D eigenvalue weighted by Gasteiger charge is 2.37. The van der Waals surface area contributed by atoms with Crippen LogP contribution in [0.1, 0.15) is 64.6 Å². The van der Waals surface area contributed by atoms with E-state index in [0.29, 0.717) is 50.0 Å². The summed E-state index contributed by atoms with van der Waals surface area (Å²) >= 11 is 6.60. The van der Waals surface area contributed by atoms with E-state index in [0.717, 1.165) is 22.6 Å². The lowest BCUT2D eigenvalue weighted by molar-refractivity contribution is -0.137. The molecule has 2 aliphatic rings. The molecule has 10 N–H and O–H groups in total. The summed E-state index contributed by atoms with van der Waals surface area (Å²) in [5.74, 6) is -3.55. The molecule has 11 amide bonds. The quantitative estimate of drug-likeness (QED) is 0.0151. The van der Waals surface area contributed by atoms with Crippen LogP contribution in [0, 0.1) is 5.92 Å². The number of nitrogens with two attached hydrogens (primary N) is 1. The third-order valence-electron chi connectivity index (χ3n) is 15.1. The summed E-state index contributed by atoms with van der Waals surface area (Å²) in [5, 5.41) is 34.0. The van der Waals surface area contributed by atoms with Crippen molar-refractivity contribution in [1.82, 2.24) is 40.6 Å². The average Bonchev–Trinajstić information content (AvgIpc) is 1.56. The molecule has 0 spiro atoms. The first-order chi connectivity index (χ1) is 45.2. The summed E-state index contributed by atoms with van der Waals surface area (Å²) in [6, 6.07) is 21.2. The summed E-state index contributed by atoms with van der Waals surface area (Å²) in [6.07, 6.45) is 1.54. The molecule has 0 saturated carbocycles. The van der Waals surface area contributed by atoms with Crippen LogP contribution >= 0.6 is 11.6 Å². The van der Waals surface area contributed by atoms with Crippen molar-refractivity contribution in [3.05, 3.63) is 132 Å². The van der Waals surface area contributed by atoms with Crippen molar-refractivity contribution in [1.29, 1.82) is 0 Å². The van der Waals surface area contributed by atoms with E-state index in [1.54, 1.807) is 73.3 Å². The number of nitrogens with zero attached hydrogens (tertiary/aromatic N) is 5. The molecule has 30 heteroatoms. The number of halogens is 1. The topological polar surface area (TPSA) is 385 Å². The summed E-state index contributed by atoms with van der Waals surface area (Å²) in [5.41, 5.74) is 8.57. The first-order valence-electron chi connectivity index (χ1n) is 30.1. The van der Waals surface area contributed by atoms with Crippen LogP contribution in [-0.2, 0) is 44.7 Å². The lowest BCUT2D eigenvalue weighted by Crippen LogP contribution is -2.54. The smallest absolute Gasteiger partial charge is 0.415 e. The molecule has 2 aliphatic heterocycles. The van der Waals surface area contributed by atoms with Gasteiger partial charge in [0.05, 0.1) is 57.2 Å². The minimum Gasteiger partial charge on any atom is -0.508 e. The number of amides is 11. The highest BCUT2D eigenvalue weighted by Crippen LogP contribution is 2.46. The summed E-state index contributed by atoms with van der Waals surface area (Å²) in [7, 11) is 1.48. The number of phenolic OH excluding ortho intramolecular Hbond substituents is 1. The Labute approximate surface area is 544 Å². The number of urea groups is 1. The largest absolute Gasteiger partial charge is 0.508 e. The van der Waals surface area contributed by atoms with Gasteiger partial charge in [0.25, 0.3) is 23.6 Å². The van der Waals surface area contributed by atoms with E-state index in [1.807, 2.05) is 12.1 Å². The van der Waals surface area contributed by atoms with Crippen LogP contribution in [0.25, 0.3) is 21.8 Å². The number of carbonyl (C=O) groups excluding carboxylic acids is 10. The molecule has 0 fully saturated rings. The fourth-order valence-corrected chi connectivity index (χ4v) is 10.4. The number of anilines is 3. The van der Waals surface area contributed by atoms with Crippen molar-refractivity contribution in [2.75, 3.05) is 107 Å². The Morgan fingerprint density at radius 2 is 1.52 bits per heavy atom. The zero-order chi connectivity index (χ0) is 67.4. The van der Waals surface area contributed by atoms with E-state index in [9.17, 15) is 58.2 Å². The van der Waals surface area contributed by atoms with Gasteiger partial charge >= 0.3 is 24.3 Å². The Morgan fingerprint density at radius 1 is 0.798 bits per heavy atom. The Bertz CT molecular complexity index is 3760. The molecular weight excluding hydrogens is 1240 g/mol. The zero-order valence-electron chi connectivity index (χ0n) is 51.7. The predicted octanol–water partition coefficient (Wildman–Crippen LogP) is 5.30. The lowest BCUT2D eigenvalue weighted by Gasteiger charge is -2.26. The maximum atomic E-state index is 14.5. The number of imide groups is 1. The van der Waals surface area contributed by atoms with Gasteiger partial charge in [0.15, 0.2) is 0 Å². The molecule has 3 atom stereocenters. The van der Waals surface area contributed by atoms with E-state index >= 15 is 0 Å². The SMILES string of the molecule is CC(C)[C@H](NC(=O)OCCOCCN1C(=O)C=CC1=O)C(=O)N[C@@H](CCCNC(N)=O)C(=O)Nc1ccc(COC(=O)N(C)CCN(CCOCCO)C(=O)Oc2cc3c(c4ccccc24)[C@H](CCl)CN3C(=O)c2cc3cc(NC(=O)c4ccc(O)cc4)cnc3[nH]2)cc1. The Kier molecular flexibility index (Phi) is 24.6. The fraction of sp³-hybridized carbons (Fsp3) is 0.359. The third-order valence-corrected chi connectivity index (χ3v) is 15.5. The molecule has 8 rings (SSSR count). The van der Waals surface area contributed by atoms with Crippen LogP contribution in [-0.4, -0.2) is 199 Å². The highest BCUT2D eigenvalue weighted by atomic mass is 35.5. The number of aromatic nitrogens is 2. The molecule has 6 aromatic rings. The molecule has 0 unspecified atom stereocenters. The number of likely N-dealkylation sites (N-methyl/N-ethyl adjacent to an activating group) is 1. The minimum absolute atomic E-state index is 0.000845. The number of hydrogen-bond donors (Lipinski definition) is 9. The second-order valence-electron chi connectivity index (χ2n) is 22.1. The van der Waals surface area contributed by atoms with E-state index < -0.39 is 77.8 Å². The van der Waals surface area contributed by atoms with Crippen LogP contribution in [0.5, 0.6) is 11.5 Å². The molecule has 0 radical (unpaired) electrons. The van der Waals surface area contributed by atoms with Gasteiger partial charge < -0.3 is 85.9 Å². The second kappa shape index (κ2) is 33.3. The number of H-pyrrole nitrogens is 1. The Balaban J connectivity index is 0.858. The normalized spacial score (nSPS) is 13.9. The average molecular weight is 1320 g/mol. The van der Waals surface area contributed by atoms with Crippen LogP contribution in [0.15, 0.2) is 109 Å². The van der Waals surface area contributed by atoms with Crippen LogP contribution in [0.3, 0.4) is 0 Å². The summed E-state index contributed by atoms with van der Waals surface area (Å²) in [4.78, 5) is 143. The lowest BCUT2D eigenvalue weighted by atomic mass is 9.95. The van der Waals surface area contributed by atoms with E-state index in [1.165, 1.54) is 47.3 Å². The van der Waals surface area contributed by atoms with Gasteiger partial charge in [-0.05, 0) is 83.8 Å². The van der Waals surface area contributed by atoms with E-state index in [-0.39, 0.29) is 127 Å². The van der Waals surface area contributed by atoms with Crippen molar-refractivity contribution in [3.8, 4) is 11.5 Å². The summed E-state index contributed by atoms with van der Waals surface area (Å²) in [6.45, 7) is 2.83. The number of aromatic amines is 1. The number of pyridine rings is 1. The van der Waals surface area contributed by atoms with Crippen molar-refractivity contribution in [2.24, 2.45) is 11.7 Å². The third kappa shape index (κ3) is 18.7. The second-order valence-corrected chi connectivity index (χ2v) is 22.4. The van der Waals surface area contributed by atoms with Crippen LogP contribution in [0.4, 0.5) is 36.2 Å². The molecule has 94 heavy (non-hydrogen) atoms. The van der Waals surface area contributed by atoms with Crippen molar-refractivity contribution >= 4 is 110 Å². The number of fused-ring (bicyclic) bond motifs is 4. The van der Waals surface area contributed by atoms with Crippen molar-refractivity contribution < 1.29 is 81.8 Å². The number of carbonyl (C=O) groups is 10. The number of nitrogens with one attached hydrogen (secondary N) is 6. The fourth-order valence-electron chi connectivity index (χ4n) is 10.2. The van der Waals surface area contributed by atoms with Gasteiger partial charge in [-0.2, -0.15) is 0 Å². The number of primary amides is 1. The molecule has 498 valence electrons. The standard InChI is InChI=1S/C64H73ClN12O17/c1-38(2)55(73-62(87)92-30-29-91-27-24-76-52(80)18-19-53(76)81)59(84)72-48(9-6-20-67-61(66)86)58(83)69-43-14-10-39(11-15-43)37-93-63(88)74(3)21-22-75(23-26-90-28-25-78)64(89)94-51-33-50-54(47-8-5-4-7-46(47)51)42(34-65)36-77(50)60(85)49-32-41-31-44(35-68-56(41)71-49)70-57(82)40-12-16-45(79)17-13-40/h4-5,7-8,10-19,31-33,35,38,42,48,55,78-79H,6,9,20-30,34,36-37H2,1-3H3,(H,68,71)(H,69,83)(H,70,82)(H,72,84)(H,73,87)(H3,66,67,86)/t42-,48+,55+/m1/s1. The monoisotopic (exact) mass is 1320 g/mol. The Morgan fingerprint density at radius 3 is 2.22 bits per heavy atom. The van der Waals surface area contributed by atoms with Crippen LogP contribution in [0.2, 0.25) is 0 Å². The van der Waals surface area contributed by atoms with Gasteiger partial charge in [-0.1, -0.05) is 50.2 Å². The van der Waals surface area contributed by atoms with Gasteiger partial charge in [-0.15, -0.1) is 11.6 Å². The highest BCUT2D eigenvalue weighted by molar-refractivity contribution is 6.19. The van der Waals surface area contributed by atoms with Gasteiger partial charge in [-0.3, -0.25) is 33.7 Å². The number of aromatic hydroxyl groups is 1. The zero-order valence-corrected chi connectivity index (χ0v) is 52.5. The van der Waals surface area contributed by atoms with E-state index in [4.69, 9.17) is 41.0 Å². The van der Waals surface area contributed by atoms with Gasteiger partial charge in [0.2, 0.25) is 11.8 Å². The number of hydrogen-bond acceptors (Lipinski definition) is 18. The van der Waals surface area contributed by atoms with Crippen molar-refractivity contribution in [3.63, 3.8) is 0 Å². The molecule has 4 aromatic carbocycles. The number of rotatable bonds is 31. The van der Waals surface area contributed by atoms with Gasteiger partial charge in [0.1, 0.15) is 48.1 Å². The molecule has 0 aliphatic carbocycles. The van der Waals surface area contributed by atoms with Gasteiger partial charge in [0, 0.05) is 91.8 Å². The Hall–Kier alpha value is -10.4. The number of alkyl halides is 1. The number of benzene rings is 4. The maximum absolute atomic E-state index is 14.5. The molecular formula is C64H73ClN12O17. The maximum Gasteiger partial charge on any atom is 0.415 e. The first-order valence-corrected chi connectivity index (χ1v) is 30.6. The number of aliphatic hydroxyl groups excluding tert-OH is 1. The molecule has 4 heterocycles. The predicted molar refractivity (Wildman–Crippen MR) is 343 cm³/mol. The van der Waals surface area contributed by atoms with Gasteiger partial charge in [-0.25, -0.2) is 24.2 Å². The molecule has 0 bridgehead atoms. The molecule has 0 saturated heterocycles. The number of phenols is 1. The number of ether oxygens (including phenoxy) is 5. The summed E-state index contributed by atoms with van der Waals surface area (Å²) < 4.78 is 27.8. The van der Waals surface area contributed by atoms with Crippen molar-refractivity contribution in [2.45, 2.75) is 51.3 Å². The van der Waals surface area contributed by atoms with E-state index in [2.05, 4.69) is 36.6 Å². The molecule has 2 aromatic heterocycles. The minimum atomic E-state index is -1.16. The number of alkyl carbamates (subject to hydrolysis) is 1. The number of aliphatic hydroxyl groups is 1. The molecule has 29 nitrogen and oxygen atoms in total.